The Morgan fingerprint density at radius 1 is 0.895 bits per heavy atom. The van der Waals surface area contributed by atoms with Crippen molar-refractivity contribution in [2.75, 3.05) is 13.7 Å². The molecular formula is C13H22O6. The molecule has 0 spiro atoms. The monoisotopic (exact) mass is 274 g/mol. The predicted octanol–water partition coefficient (Wildman–Crippen LogP) is 1.03. The lowest BCUT2D eigenvalue weighted by molar-refractivity contribution is -0.241. The van der Waals surface area contributed by atoms with Crippen LogP contribution in [-0.4, -0.2) is 56.0 Å². The highest BCUT2D eigenvalue weighted by molar-refractivity contribution is 4.99. The lowest BCUT2D eigenvalue weighted by Crippen LogP contribution is -2.40. The summed E-state index contributed by atoms with van der Waals surface area (Å²) in [5, 5.41) is 0. The van der Waals surface area contributed by atoms with Crippen LogP contribution in [0, 0.1) is 0 Å². The highest BCUT2D eigenvalue weighted by Crippen LogP contribution is 2.42. The van der Waals surface area contributed by atoms with E-state index in [-0.39, 0.29) is 24.4 Å². The van der Waals surface area contributed by atoms with Crippen molar-refractivity contribution in [1.82, 2.24) is 0 Å². The first-order valence-electron chi connectivity index (χ1n) is 6.67. The van der Waals surface area contributed by atoms with Gasteiger partial charge in [-0.25, -0.2) is 0 Å². The van der Waals surface area contributed by atoms with E-state index >= 15 is 0 Å². The summed E-state index contributed by atoms with van der Waals surface area (Å²) in [6, 6.07) is 0. The zero-order valence-corrected chi connectivity index (χ0v) is 12.0. The van der Waals surface area contributed by atoms with Crippen LogP contribution in [0.2, 0.25) is 0 Å². The van der Waals surface area contributed by atoms with Crippen molar-refractivity contribution in [3.8, 4) is 0 Å². The molecule has 3 rings (SSSR count). The molecule has 5 atom stereocenters. The van der Waals surface area contributed by atoms with Crippen molar-refractivity contribution in [2.45, 2.75) is 70.0 Å². The Labute approximate surface area is 113 Å². The van der Waals surface area contributed by atoms with Gasteiger partial charge in [0, 0.05) is 7.11 Å². The van der Waals surface area contributed by atoms with E-state index in [9.17, 15) is 0 Å². The molecule has 6 nitrogen and oxygen atoms in total. The zero-order valence-electron chi connectivity index (χ0n) is 12.0. The maximum Gasteiger partial charge on any atom is 0.186 e. The van der Waals surface area contributed by atoms with E-state index in [1.165, 1.54) is 0 Å². The first kappa shape index (κ1) is 13.7. The Hall–Kier alpha value is -0.240. The first-order valence-corrected chi connectivity index (χ1v) is 6.67. The number of hydrogen-bond donors (Lipinski definition) is 0. The van der Waals surface area contributed by atoms with Gasteiger partial charge >= 0.3 is 0 Å². The van der Waals surface area contributed by atoms with Crippen molar-refractivity contribution >= 4 is 0 Å². The van der Waals surface area contributed by atoms with Crippen LogP contribution < -0.4 is 0 Å². The Bertz CT molecular complexity index is 355. The summed E-state index contributed by atoms with van der Waals surface area (Å²) in [5.41, 5.74) is 0. The maximum atomic E-state index is 5.94. The third kappa shape index (κ3) is 2.41. The molecule has 0 aromatic heterocycles. The topological polar surface area (TPSA) is 55.4 Å². The third-order valence-electron chi connectivity index (χ3n) is 3.68. The average Bonchev–Trinajstić information content (AvgIpc) is 2.89. The minimum Gasteiger partial charge on any atom is -0.353 e. The van der Waals surface area contributed by atoms with Gasteiger partial charge < -0.3 is 28.4 Å². The summed E-state index contributed by atoms with van der Waals surface area (Å²) in [6.07, 6.45) is -1.25. The highest BCUT2D eigenvalue weighted by Gasteiger charge is 2.59. The first-order chi connectivity index (χ1) is 8.81. The Kier molecular flexibility index (Phi) is 3.16. The molecule has 3 aliphatic heterocycles. The van der Waals surface area contributed by atoms with Gasteiger partial charge in [0.15, 0.2) is 17.9 Å². The van der Waals surface area contributed by atoms with Crippen LogP contribution in [0.15, 0.2) is 0 Å². The van der Waals surface area contributed by atoms with E-state index in [1.54, 1.807) is 7.11 Å². The molecule has 3 fully saturated rings. The average molecular weight is 274 g/mol. The fourth-order valence-electron chi connectivity index (χ4n) is 2.96. The van der Waals surface area contributed by atoms with Gasteiger partial charge in [-0.05, 0) is 27.7 Å². The SMILES string of the molecule is CO[C@H]1O[C@H]([C@@H]2COC(C)(C)O2)[C@@H]2OC(C)(C)O[C@H]12. The highest BCUT2D eigenvalue weighted by atomic mass is 16.8. The zero-order chi connectivity index (χ0) is 13.8. The summed E-state index contributed by atoms with van der Waals surface area (Å²) in [7, 11) is 1.61. The molecular weight excluding hydrogens is 252 g/mol. The van der Waals surface area contributed by atoms with Gasteiger partial charge in [-0.2, -0.15) is 0 Å². The lowest BCUT2D eigenvalue weighted by atomic mass is 10.1. The summed E-state index contributed by atoms with van der Waals surface area (Å²) in [5.74, 6) is -1.20. The molecule has 0 N–H and O–H groups in total. The van der Waals surface area contributed by atoms with Gasteiger partial charge in [0.1, 0.15) is 24.4 Å². The van der Waals surface area contributed by atoms with Crippen LogP contribution in [-0.2, 0) is 28.4 Å². The quantitative estimate of drug-likeness (QED) is 0.749. The molecule has 3 heterocycles. The normalized spacial score (nSPS) is 47.5. The van der Waals surface area contributed by atoms with E-state index < -0.39 is 17.9 Å². The van der Waals surface area contributed by atoms with Crippen LogP contribution >= 0.6 is 0 Å². The minimum atomic E-state index is -0.622. The molecule has 0 radical (unpaired) electrons. The second kappa shape index (κ2) is 4.38. The number of rotatable bonds is 2. The predicted molar refractivity (Wildman–Crippen MR) is 64.4 cm³/mol. The fraction of sp³-hybridized carbons (Fsp3) is 1.00. The van der Waals surface area contributed by atoms with Gasteiger partial charge in [-0.3, -0.25) is 0 Å². The van der Waals surface area contributed by atoms with Gasteiger partial charge in [-0.15, -0.1) is 0 Å². The van der Waals surface area contributed by atoms with Crippen molar-refractivity contribution in [3.63, 3.8) is 0 Å². The fourth-order valence-corrected chi connectivity index (χ4v) is 2.96. The molecule has 0 aromatic rings. The molecule has 110 valence electrons. The molecule has 0 amide bonds. The van der Waals surface area contributed by atoms with Gasteiger partial charge in [0.25, 0.3) is 0 Å². The number of methoxy groups -OCH3 is 1. The molecule has 0 unspecified atom stereocenters. The van der Waals surface area contributed by atoms with Crippen LogP contribution in [0.5, 0.6) is 0 Å². The van der Waals surface area contributed by atoms with Crippen molar-refractivity contribution in [2.24, 2.45) is 0 Å². The van der Waals surface area contributed by atoms with Crippen molar-refractivity contribution < 1.29 is 28.4 Å². The summed E-state index contributed by atoms with van der Waals surface area (Å²) in [6.45, 7) is 8.06. The second-order valence-electron chi connectivity index (χ2n) is 6.14. The van der Waals surface area contributed by atoms with Crippen LogP contribution in [0.1, 0.15) is 27.7 Å². The Morgan fingerprint density at radius 2 is 1.58 bits per heavy atom. The number of hydrogen-bond acceptors (Lipinski definition) is 6. The standard InChI is InChI=1S/C13H22O6/c1-12(2)15-6-7(17-12)8-9-10(11(14-5)16-8)19-13(3,4)18-9/h7-11H,6H2,1-5H3/t7-,8+,9-,10-,11-/m0/s1. The van der Waals surface area contributed by atoms with E-state index in [0.717, 1.165) is 0 Å². The molecule has 3 saturated heterocycles. The van der Waals surface area contributed by atoms with Gasteiger partial charge in [-0.1, -0.05) is 0 Å². The van der Waals surface area contributed by atoms with E-state index in [1.807, 2.05) is 27.7 Å². The van der Waals surface area contributed by atoms with Gasteiger partial charge in [0.2, 0.25) is 0 Å². The maximum absolute atomic E-state index is 5.94. The summed E-state index contributed by atoms with van der Waals surface area (Å²) >= 11 is 0. The van der Waals surface area contributed by atoms with E-state index in [2.05, 4.69) is 0 Å². The van der Waals surface area contributed by atoms with E-state index in [0.29, 0.717) is 6.61 Å². The minimum absolute atomic E-state index is 0.167. The second-order valence-corrected chi connectivity index (χ2v) is 6.14. The van der Waals surface area contributed by atoms with Crippen molar-refractivity contribution in [3.05, 3.63) is 0 Å². The molecule has 6 heteroatoms. The molecule has 0 bridgehead atoms. The van der Waals surface area contributed by atoms with Crippen molar-refractivity contribution in [1.29, 1.82) is 0 Å². The molecule has 3 aliphatic rings. The molecule has 0 aromatic carbocycles. The summed E-state index contributed by atoms with van der Waals surface area (Å²) in [4.78, 5) is 0. The molecule has 0 saturated carbocycles. The van der Waals surface area contributed by atoms with Crippen LogP contribution in [0.25, 0.3) is 0 Å². The molecule has 0 aliphatic carbocycles. The van der Waals surface area contributed by atoms with Crippen LogP contribution in [0.4, 0.5) is 0 Å². The lowest BCUT2D eigenvalue weighted by Gasteiger charge is -2.26. The number of ether oxygens (including phenoxy) is 6. The largest absolute Gasteiger partial charge is 0.353 e. The van der Waals surface area contributed by atoms with E-state index in [4.69, 9.17) is 28.4 Å². The third-order valence-corrected chi connectivity index (χ3v) is 3.68. The van der Waals surface area contributed by atoms with Gasteiger partial charge in [0.05, 0.1) is 6.61 Å². The van der Waals surface area contributed by atoms with Crippen LogP contribution in [0.3, 0.4) is 0 Å². The number of fused-ring (bicyclic) bond motifs is 1. The Morgan fingerprint density at radius 3 is 2.16 bits per heavy atom. The smallest absolute Gasteiger partial charge is 0.186 e. The summed E-state index contributed by atoms with van der Waals surface area (Å²) < 4.78 is 34.5. The Balaban J connectivity index is 1.76. The molecule has 19 heavy (non-hydrogen) atoms.